The Balaban J connectivity index is 1.60. The molecule has 2 saturated heterocycles. The summed E-state index contributed by atoms with van der Waals surface area (Å²) in [5.41, 5.74) is -0.623. The highest BCUT2D eigenvalue weighted by molar-refractivity contribution is 5.93. The minimum Gasteiger partial charge on any atom is -0.381 e. The van der Waals surface area contributed by atoms with Gasteiger partial charge in [-0.25, -0.2) is 0 Å². The molecule has 176 valence electrons. The lowest BCUT2D eigenvalue weighted by molar-refractivity contribution is -0.137. The smallest absolute Gasteiger partial charge is 0.381 e. The van der Waals surface area contributed by atoms with Crippen molar-refractivity contribution in [1.82, 2.24) is 14.7 Å². The van der Waals surface area contributed by atoms with Gasteiger partial charge in [-0.1, -0.05) is 0 Å². The van der Waals surface area contributed by atoms with E-state index >= 15 is 0 Å². The van der Waals surface area contributed by atoms with E-state index in [9.17, 15) is 18.0 Å². The molecule has 0 bridgehead atoms. The first-order valence-corrected chi connectivity index (χ1v) is 10.9. The number of halogens is 3. The summed E-state index contributed by atoms with van der Waals surface area (Å²) in [4.78, 5) is 16.7. The van der Waals surface area contributed by atoms with Crippen LogP contribution in [0.2, 0.25) is 0 Å². The standard InChI is InChI=1S/C23H26F3N5O2/c1-3-33-15-22-6-7-30(21(32)17-10-28-29(2)11-17)12-18(22)13-31(14-22)19-5-4-16(9-27)20(8-19)23(24,25)26/h4-5,8,10-11,18H,3,6-7,12-15H2,1-2H3/t18-,22+/m1/s1. The lowest BCUT2D eigenvalue weighted by Gasteiger charge is -2.43. The lowest BCUT2D eigenvalue weighted by Crippen LogP contribution is -2.51. The SMILES string of the molecule is CCOC[C@@]12CCN(C(=O)c3cnn(C)c3)C[C@@H]1CN(c1ccc(C#N)c(C(F)(F)F)c1)C2. The number of aromatic nitrogens is 2. The molecule has 2 aromatic rings. The van der Waals surface area contributed by atoms with E-state index in [2.05, 4.69) is 5.10 Å². The molecule has 3 heterocycles. The molecule has 0 aliphatic carbocycles. The molecule has 1 amide bonds. The summed E-state index contributed by atoms with van der Waals surface area (Å²) in [5, 5.41) is 13.2. The van der Waals surface area contributed by atoms with Crippen molar-refractivity contribution in [3.05, 3.63) is 47.3 Å². The highest BCUT2D eigenvalue weighted by Crippen LogP contribution is 2.45. The number of piperidine rings is 1. The number of amides is 1. The van der Waals surface area contributed by atoms with Gasteiger partial charge in [0, 0.05) is 63.1 Å². The third kappa shape index (κ3) is 4.42. The Kier molecular flexibility index (Phi) is 6.10. The quantitative estimate of drug-likeness (QED) is 0.683. The van der Waals surface area contributed by atoms with Gasteiger partial charge in [-0.3, -0.25) is 9.48 Å². The number of hydrogen-bond acceptors (Lipinski definition) is 5. The number of likely N-dealkylation sites (tertiary alicyclic amines) is 1. The topological polar surface area (TPSA) is 74.4 Å². The summed E-state index contributed by atoms with van der Waals surface area (Å²) < 4.78 is 47.9. The molecule has 2 aliphatic rings. The number of nitriles is 1. The summed E-state index contributed by atoms with van der Waals surface area (Å²) in [6.45, 7) is 5.04. The lowest BCUT2D eigenvalue weighted by atomic mass is 9.73. The number of ether oxygens (including phenoxy) is 1. The van der Waals surface area contributed by atoms with Crippen molar-refractivity contribution < 1.29 is 22.7 Å². The molecule has 33 heavy (non-hydrogen) atoms. The molecule has 0 spiro atoms. The van der Waals surface area contributed by atoms with E-state index < -0.39 is 11.7 Å². The summed E-state index contributed by atoms with van der Waals surface area (Å²) in [5.74, 6) is -0.0484. The molecular weight excluding hydrogens is 435 g/mol. The van der Waals surface area contributed by atoms with Crippen LogP contribution in [0.15, 0.2) is 30.6 Å². The number of rotatable bonds is 5. The Hall–Kier alpha value is -3.06. The molecule has 4 rings (SSSR count). The number of carbonyl (C=O) groups excluding carboxylic acids is 1. The number of anilines is 1. The molecule has 1 aromatic heterocycles. The number of carbonyl (C=O) groups is 1. The fourth-order valence-corrected chi connectivity index (χ4v) is 4.98. The zero-order valence-corrected chi connectivity index (χ0v) is 18.6. The monoisotopic (exact) mass is 461 g/mol. The summed E-state index contributed by atoms with van der Waals surface area (Å²) in [7, 11) is 1.75. The van der Waals surface area contributed by atoms with Crippen LogP contribution >= 0.6 is 0 Å². The fraction of sp³-hybridized carbons (Fsp3) is 0.522. The van der Waals surface area contributed by atoms with Gasteiger partial charge in [0.15, 0.2) is 0 Å². The van der Waals surface area contributed by atoms with Crippen LogP contribution < -0.4 is 4.90 Å². The van der Waals surface area contributed by atoms with Crippen LogP contribution in [0.4, 0.5) is 18.9 Å². The van der Waals surface area contributed by atoms with Gasteiger partial charge in [0.1, 0.15) is 0 Å². The van der Waals surface area contributed by atoms with Crippen molar-refractivity contribution in [3.63, 3.8) is 0 Å². The predicted octanol–water partition coefficient (Wildman–Crippen LogP) is 3.32. The largest absolute Gasteiger partial charge is 0.417 e. The van der Waals surface area contributed by atoms with E-state index in [0.717, 1.165) is 6.07 Å². The van der Waals surface area contributed by atoms with Gasteiger partial charge in [-0.15, -0.1) is 0 Å². The molecule has 0 unspecified atom stereocenters. The summed E-state index contributed by atoms with van der Waals surface area (Å²) >= 11 is 0. The Labute approximate surface area is 190 Å². The minimum atomic E-state index is -4.61. The molecule has 0 N–H and O–H groups in total. The molecule has 2 aliphatic heterocycles. The molecule has 1 aromatic carbocycles. The maximum absolute atomic E-state index is 13.5. The van der Waals surface area contributed by atoms with Gasteiger partial charge < -0.3 is 14.5 Å². The first-order chi connectivity index (χ1) is 15.7. The number of alkyl halides is 3. The van der Waals surface area contributed by atoms with Crippen LogP contribution in [0.25, 0.3) is 0 Å². The molecule has 0 saturated carbocycles. The van der Waals surface area contributed by atoms with Crippen molar-refractivity contribution in [1.29, 1.82) is 5.26 Å². The van der Waals surface area contributed by atoms with E-state index in [0.29, 0.717) is 57.1 Å². The van der Waals surface area contributed by atoms with E-state index in [1.807, 2.05) is 11.8 Å². The Morgan fingerprint density at radius 3 is 2.79 bits per heavy atom. The molecule has 7 nitrogen and oxygen atoms in total. The molecule has 0 radical (unpaired) electrons. The second-order valence-electron chi connectivity index (χ2n) is 8.82. The highest BCUT2D eigenvalue weighted by Gasteiger charge is 2.50. The number of hydrogen-bond donors (Lipinski definition) is 0. The van der Waals surface area contributed by atoms with E-state index in [1.54, 1.807) is 41.2 Å². The summed E-state index contributed by atoms with van der Waals surface area (Å²) in [6, 6.07) is 5.49. The second-order valence-corrected chi connectivity index (χ2v) is 8.82. The summed E-state index contributed by atoms with van der Waals surface area (Å²) in [6.07, 6.45) is -0.687. The Morgan fingerprint density at radius 1 is 1.36 bits per heavy atom. The normalized spacial score (nSPS) is 22.8. The first-order valence-electron chi connectivity index (χ1n) is 10.9. The number of nitrogens with zero attached hydrogens (tertiary/aromatic N) is 5. The third-order valence-corrected chi connectivity index (χ3v) is 6.76. The third-order valence-electron chi connectivity index (χ3n) is 6.76. The van der Waals surface area contributed by atoms with Crippen LogP contribution in [-0.4, -0.2) is 60.0 Å². The van der Waals surface area contributed by atoms with Gasteiger partial charge in [-0.2, -0.15) is 23.5 Å². The molecule has 2 fully saturated rings. The van der Waals surface area contributed by atoms with Crippen molar-refractivity contribution in [2.75, 3.05) is 44.3 Å². The van der Waals surface area contributed by atoms with Crippen molar-refractivity contribution >= 4 is 11.6 Å². The average Bonchev–Trinajstić information content (AvgIpc) is 3.39. The van der Waals surface area contributed by atoms with E-state index in [-0.39, 0.29) is 22.8 Å². The van der Waals surface area contributed by atoms with Crippen LogP contribution in [0.5, 0.6) is 0 Å². The maximum Gasteiger partial charge on any atom is 0.417 e. The van der Waals surface area contributed by atoms with Crippen LogP contribution in [0, 0.1) is 22.7 Å². The van der Waals surface area contributed by atoms with Crippen molar-refractivity contribution in [2.45, 2.75) is 19.5 Å². The van der Waals surface area contributed by atoms with E-state index in [1.165, 1.54) is 6.07 Å². The Morgan fingerprint density at radius 2 is 2.15 bits per heavy atom. The predicted molar refractivity (Wildman–Crippen MR) is 115 cm³/mol. The Bertz CT molecular complexity index is 1080. The zero-order valence-electron chi connectivity index (χ0n) is 18.6. The van der Waals surface area contributed by atoms with Gasteiger partial charge in [0.2, 0.25) is 0 Å². The first kappa shape index (κ1) is 23.1. The van der Waals surface area contributed by atoms with Gasteiger partial charge in [0.25, 0.3) is 5.91 Å². The zero-order chi connectivity index (χ0) is 23.8. The van der Waals surface area contributed by atoms with Gasteiger partial charge in [-0.05, 0) is 31.5 Å². The number of benzene rings is 1. The van der Waals surface area contributed by atoms with Crippen LogP contribution in [0.1, 0.15) is 34.8 Å². The van der Waals surface area contributed by atoms with Gasteiger partial charge in [0.05, 0.1) is 35.6 Å². The van der Waals surface area contributed by atoms with Crippen LogP contribution in [0.3, 0.4) is 0 Å². The van der Waals surface area contributed by atoms with Crippen molar-refractivity contribution in [2.24, 2.45) is 18.4 Å². The van der Waals surface area contributed by atoms with Crippen LogP contribution in [-0.2, 0) is 18.0 Å². The van der Waals surface area contributed by atoms with Gasteiger partial charge >= 0.3 is 6.18 Å². The van der Waals surface area contributed by atoms with Crippen molar-refractivity contribution in [3.8, 4) is 6.07 Å². The average molecular weight is 461 g/mol. The molecule has 10 heteroatoms. The second kappa shape index (κ2) is 8.71. The molecular formula is C23H26F3N5O2. The van der Waals surface area contributed by atoms with E-state index in [4.69, 9.17) is 10.00 Å². The number of aryl methyl sites for hydroxylation is 1. The maximum atomic E-state index is 13.5. The molecule has 2 atom stereocenters. The minimum absolute atomic E-state index is 0.0448. The highest BCUT2D eigenvalue weighted by atomic mass is 19.4. The fourth-order valence-electron chi connectivity index (χ4n) is 4.98. The number of fused-ring (bicyclic) bond motifs is 1.